The van der Waals surface area contributed by atoms with E-state index >= 15 is 0 Å². The molecule has 0 aliphatic rings. The summed E-state index contributed by atoms with van der Waals surface area (Å²) >= 11 is 0. The fraction of sp³-hybridized carbons (Fsp3) is 0.136. The predicted molar refractivity (Wildman–Crippen MR) is 124 cm³/mol. The van der Waals surface area contributed by atoms with Crippen LogP contribution in [0.3, 0.4) is 0 Å². The fourth-order valence-electron chi connectivity index (χ4n) is 2.95. The van der Waals surface area contributed by atoms with Crippen LogP contribution in [0.4, 0.5) is 11.4 Å². The van der Waals surface area contributed by atoms with Gasteiger partial charge in [-0.1, -0.05) is 24.3 Å². The van der Waals surface area contributed by atoms with Crippen molar-refractivity contribution >= 4 is 37.2 Å². The molecule has 33 heavy (non-hydrogen) atoms. The molecule has 0 aliphatic heterocycles. The maximum Gasteiger partial charge on any atom is 0.262 e. The highest BCUT2D eigenvalue weighted by Gasteiger charge is 2.22. The summed E-state index contributed by atoms with van der Waals surface area (Å²) < 4.78 is 66.9. The molecule has 3 aromatic carbocycles. The number of benzene rings is 3. The first-order valence-corrected chi connectivity index (χ1v) is 12.5. The largest absolute Gasteiger partial charge is 0.495 e. The standard InChI is InChI=1S/C22H22N2O7S2/c1-15(25)16-7-6-8-17(13-16)32(26,27)24-20-14-18(11-12-22(20)31-3)33(28,29)23-19-9-4-5-10-21(19)30-2/h4-14,23-24H,1-3H3. The molecule has 0 aliphatic carbocycles. The molecule has 0 spiro atoms. The third-order valence-electron chi connectivity index (χ3n) is 4.63. The van der Waals surface area contributed by atoms with Gasteiger partial charge in [-0.25, -0.2) is 16.8 Å². The number of hydrogen-bond donors (Lipinski definition) is 2. The average molecular weight is 491 g/mol. The van der Waals surface area contributed by atoms with E-state index in [1.54, 1.807) is 18.2 Å². The first kappa shape index (κ1) is 24.1. The molecular weight excluding hydrogens is 468 g/mol. The normalized spacial score (nSPS) is 11.5. The molecule has 0 saturated heterocycles. The van der Waals surface area contributed by atoms with Crippen LogP contribution in [0.2, 0.25) is 0 Å². The highest BCUT2D eigenvalue weighted by molar-refractivity contribution is 7.93. The Kier molecular flexibility index (Phi) is 6.94. The van der Waals surface area contributed by atoms with Gasteiger partial charge in [0.05, 0.1) is 35.4 Å². The van der Waals surface area contributed by atoms with Gasteiger partial charge in [0.1, 0.15) is 11.5 Å². The lowest BCUT2D eigenvalue weighted by Gasteiger charge is -2.15. The lowest BCUT2D eigenvalue weighted by Crippen LogP contribution is -2.16. The van der Waals surface area contributed by atoms with E-state index in [1.165, 1.54) is 63.6 Å². The van der Waals surface area contributed by atoms with Gasteiger partial charge in [0.15, 0.2) is 5.78 Å². The van der Waals surface area contributed by atoms with Crippen LogP contribution in [0, 0.1) is 0 Å². The molecule has 174 valence electrons. The highest BCUT2D eigenvalue weighted by atomic mass is 32.2. The van der Waals surface area contributed by atoms with Crippen LogP contribution in [0.5, 0.6) is 11.5 Å². The van der Waals surface area contributed by atoms with Crippen molar-refractivity contribution < 1.29 is 31.1 Å². The second-order valence-electron chi connectivity index (χ2n) is 6.86. The van der Waals surface area contributed by atoms with E-state index in [-0.39, 0.29) is 38.3 Å². The Balaban J connectivity index is 1.99. The summed E-state index contributed by atoms with van der Waals surface area (Å²) in [6, 6.07) is 15.7. The zero-order valence-electron chi connectivity index (χ0n) is 18.0. The molecular formula is C22H22N2O7S2. The Morgan fingerprint density at radius 3 is 1.91 bits per heavy atom. The van der Waals surface area contributed by atoms with E-state index in [9.17, 15) is 21.6 Å². The van der Waals surface area contributed by atoms with Gasteiger partial charge in [-0.05, 0) is 49.4 Å². The number of rotatable bonds is 9. The SMILES string of the molecule is COc1ccccc1NS(=O)(=O)c1ccc(OC)c(NS(=O)(=O)c2cccc(C(C)=O)c2)c1. The summed E-state index contributed by atoms with van der Waals surface area (Å²) in [4.78, 5) is 11.3. The molecule has 0 atom stereocenters. The van der Waals surface area contributed by atoms with Crippen molar-refractivity contribution in [2.24, 2.45) is 0 Å². The lowest BCUT2D eigenvalue weighted by atomic mass is 10.2. The zero-order chi connectivity index (χ0) is 24.2. The summed E-state index contributed by atoms with van der Waals surface area (Å²) in [6.07, 6.45) is 0. The maximum absolute atomic E-state index is 13.0. The van der Waals surface area contributed by atoms with Crippen LogP contribution in [-0.2, 0) is 20.0 Å². The van der Waals surface area contributed by atoms with E-state index in [4.69, 9.17) is 9.47 Å². The molecule has 3 aromatic rings. The summed E-state index contributed by atoms with van der Waals surface area (Å²) in [6.45, 7) is 1.32. The Hall–Kier alpha value is -3.57. The number of para-hydroxylation sites is 2. The molecule has 11 heteroatoms. The molecule has 9 nitrogen and oxygen atoms in total. The zero-order valence-corrected chi connectivity index (χ0v) is 19.7. The number of carbonyl (C=O) groups excluding carboxylic acids is 1. The van der Waals surface area contributed by atoms with E-state index < -0.39 is 20.0 Å². The number of carbonyl (C=O) groups is 1. The Bertz CT molecular complexity index is 1400. The van der Waals surface area contributed by atoms with Gasteiger partial charge in [0.2, 0.25) is 0 Å². The Morgan fingerprint density at radius 1 is 0.697 bits per heavy atom. The van der Waals surface area contributed by atoms with Gasteiger partial charge in [-0.2, -0.15) is 0 Å². The Labute approximate surface area is 192 Å². The van der Waals surface area contributed by atoms with Gasteiger partial charge in [-0.15, -0.1) is 0 Å². The third kappa shape index (κ3) is 5.44. The minimum absolute atomic E-state index is 0.0892. The number of anilines is 2. The second-order valence-corrected chi connectivity index (χ2v) is 10.2. The van der Waals surface area contributed by atoms with Gasteiger partial charge in [0.25, 0.3) is 20.0 Å². The predicted octanol–water partition coefficient (Wildman–Crippen LogP) is 3.51. The summed E-state index contributed by atoms with van der Waals surface area (Å²) in [5, 5.41) is 0. The van der Waals surface area contributed by atoms with Crippen molar-refractivity contribution in [3.05, 3.63) is 72.3 Å². The quantitative estimate of drug-likeness (QED) is 0.439. The summed E-state index contributed by atoms with van der Waals surface area (Å²) in [7, 11) is -5.51. The molecule has 0 radical (unpaired) electrons. The van der Waals surface area contributed by atoms with Crippen molar-refractivity contribution in [1.82, 2.24) is 0 Å². The van der Waals surface area contributed by atoms with Gasteiger partial charge in [0, 0.05) is 5.56 Å². The third-order valence-corrected chi connectivity index (χ3v) is 7.35. The van der Waals surface area contributed by atoms with Crippen LogP contribution in [0.25, 0.3) is 0 Å². The first-order valence-electron chi connectivity index (χ1n) is 9.55. The summed E-state index contributed by atoms with van der Waals surface area (Å²) in [5.41, 5.74) is 0.356. The minimum atomic E-state index is -4.15. The molecule has 0 bridgehead atoms. The van der Waals surface area contributed by atoms with E-state index in [1.807, 2.05) is 0 Å². The molecule has 0 saturated carbocycles. The van der Waals surface area contributed by atoms with Crippen molar-refractivity contribution in [2.75, 3.05) is 23.7 Å². The lowest BCUT2D eigenvalue weighted by molar-refractivity contribution is 0.101. The first-order chi connectivity index (χ1) is 15.6. The van der Waals surface area contributed by atoms with E-state index in [0.29, 0.717) is 5.75 Å². The average Bonchev–Trinajstić information content (AvgIpc) is 2.79. The number of hydrogen-bond acceptors (Lipinski definition) is 7. The number of sulfonamides is 2. The van der Waals surface area contributed by atoms with Gasteiger partial charge >= 0.3 is 0 Å². The van der Waals surface area contributed by atoms with Crippen LogP contribution in [-0.4, -0.2) is 36.8 Å². The highest BCUT2D eigenvalue weighted by Crippen LogP contribution is 2.32. The van der Waals surface area contributed by atoms with Crippen molar-refractivity contribution in [2.45, 2.75) is 16.7 Å². The molecule has 0 amide bonds. The van der Waals surface area contributed by atoms with Crippen LogP contribution >= 0.6 is 0 Å². The molecule has 0 unspecified atom stereocenters. The number of nitrogens with one attached hydrogen (secondary N) is 2. The number of ether oxygens (including phenoxy) is 2. The van der Waals surface area contributed by atoms with Crippen LogP contribution in [0.15, 0.2) is 76.5 Å². The number of ketones is 1. The van der Waals surface area contributed by atoms with Crippen molar-refractivity contribution in [3.63, 3.8) is 0 Å². The Morgan fingerprint density at radius 2 is 1.27 bits per heavy atom. The second kappa shape index (κ2) is 9.51. The van der Waals surface area contributed by atoms with E-state index in [2.05, 4.69) is 9.44 Å². The van der Waals surface area contributed by atoms with Gasteiger partial charge < -0.3 is 9.47 Å². The topological polar surface area (TPSA) is 128 Å². The molecule has 0 fully saturated rings. The van der Waals surface area contributed by atoms with Crippen LogP contribution < -0.4 is 18.9 Å². The minimum Gasteiger partial charge on any atom is -0.495 e. The monoisotopic (exact) mass is 490 g/mol. The molecule has 0 aromatic heterocycles. The van der Waals surface area contributed by atoms with Crippen molar-refractivity contribution in [3.8, 4) is 11.5 Å². The molecule has 3 rings (SSSR count). The smallest absolute Gasteiger partial charge is 0.262 e. The summed E-state index contributed by atoms with van der Waals surface area (Å²) in [5.74, 6) is 0.138. The van der Waals surface area contributed by atoms with Crippen molar-refractivity contribution in [1.29, 1.82) is 0 Å². The maximum atomic E-state index is 13.0. The fourth-order valence-corrected chi connectivity index (χ4v) is 5.16. The molecule has 2 N–H and O–H groups in total. The van der Waals surface area contributed by atoms with E-state index in [0.717, 1.165) is 6.07 Å². The molecule has 0 heterocycles. The van der Waals surface area contributed by atoms with Gasteiger partial charge in [-0.3, -0.25) is 14.2 Å². The number of Topliss-reactive ketones (excluding diaryl/α,β-unsaturated/α-hetero) is 1. The van der Waals surface area contributed by atoms with Crippen LogP contribution in [0.1, 0.15) is 17.3 Å². The number of methoxy groups -OCH3 is 2.